The van der Waals surface area contributed by atoms with E-state index in [4.69, 9.17) is 4.74 Å². The number of aryl methyl sites for hydroxylation is 1. The molecule has 1 saturated carbocycles. The Morgan fingerprint density at radius 1 is 0.885 bits per heavy atom. The van der Waals surface area contributed by atoms with Crippen molar-refractivity contribution >= 4 is 12.4 Å². The van der Waals surface area contributed by atoms with Crippen molar-refractivity contribution in [2.75, 3.05) is 0 Å². The topological polar surface area (TPSA) is 21.3 Å². The molecule has 0 unspecified atom stereocenters. The molecular formula is C23H32ClNO. The first-order chi connectivity index (χ1) is 12.3. The van der Waals surface area contributed by atoms with Crippen molar-refractivity contribution in [1.29, 1.82) is 0 Å². The Morgan fingerprint density at radius 3 is 2.31 bits per heavy atom. The summed E-state index contributed by atoms with van der Waals surface area (Å²) in [6, 6.07) is 17.7. The molecule has 1 aliphatic rings. The molecule has 2 aromatic carbocycles. The number of ether oxygens (including phenoxy) is 1. The molecule has 1 aliphatic carbocycles. The molecule has 0 aliphatic heterocycles. The third kappa shape index (κ3) is 7.01. The lowest BCUT2D eigenvalue weighted by Gasteiger charge is -2.21. The number of halogens is 1. The molecule has 142 valence electrons. The van der Waals surface area contributed by atoms with E-state index in [1.165, 1.54) is 61.6 Å². The van der Waals surface area contributed by atoms with E-state index < -0.39 is 0 Å². The predicted molar refractivity (Wildman–Crippen MR) is 112 cm³/mol. The molecule has 1 N–H and O–H groups in total. The molecule has 1 fully saturated rings. The average Bonchev–Trinajstić information content (AvgIpc) is 2.61. The van der Waals surface area contributed by atoms with Gasteiger partial charge in [0.15, 0.2) is 0 Å². The quantitative estimate of drug-likeness (QED) is 0.650. The predicted octanol–water partition coefficient (Wildman–Crippen LogP) is 6.20. The second-order valence-electron chi connectivity index (χ2n) is 7.34. The van der Waals surface area contributed by atoms with Crippen LogP contribution < -0.4 is 10.1 Å². The Labute approximate surface area is 164 Å². The Balaban J connectivity index is 0.00000243. The molecule has 0 amide bonds. The second kappa shape index (κ2) is 11.3. The summed E-state index contributed by atoms with van der Waals surface area (Å²) < 4.78 is 5.97. The highest BCUT2D eigenvalue weighted by atomic mass is 35.5. The zero-order valence-electron chi connectivity index (χ0n) is 15.9. The van der Waals surface area contributed by atoms with Gasteiger partial charge in [0.1, 0.15) is 12.4 Å². The van der Waals surface area contributed by atoms with Crippen LogP contribution in [-0.4, -0.2) is 6.04 Å². The molecule has 2 aromatic rings. The van der Waals surface area contributed by atoms with E-state index >= 15 is 0 Å². The van der Waals surface area contributed by atoms with Crippen LogP contribution in [0.1, 0.15) is 61.6 Å². The van der Waals surface area contributed by atoms with E-state index in [1.54, 1.807) is 0 Å². The Hall–Kier alpha value is -1.51. The third-order valence-electron chi connectivity index (χ3n) is 5.12. The highest BCUT2D eigenvalue weighted by molar-refractivity contribution is 5.85. The SMILES string of the molecule is Cc1ccc(COc2cccc(CNC3CCCCCCC3)c2)cc1.Cl. The molecule has 0 radical (unpaired) electrons. The van der Waals surface area contributed by atoms with Crippen LogP contribution in [0.5, 0.6) is 5.75 Å². The monoisotopic (exact) mass is 373 g/mol. The van der Waals surface area contributed by atoms with Gasteiger partial charge >= 0.3 is 0 Å². The van der Waals surface area contributed by atoms with Gasteiger partial charge in [-0.25, -0.2) is 0 Å². The van der Waals surface area contributed by atoms with Crippen molar-refractivity contribution in [2.45, 2.75) is 71.1 Å². The Morgan fingerprint density at radius 2 is 1.58 bits per heavy atom. The fourth-order valence-electron chi connectivity index (χ4n) is 3.52. The van der Waals surface area contributed by atoms with Crippen LogP contribution in [0.15, 0.2) is 48.5 Å². The van der Waals surface area contributed by atoms with Crippen LogP contribution in [0.25, 0.3) is 0 Å². The summed E-state index contributed by atoms with van der Waals surface area (Å²) in [4.78, 5) is 0. The van der Waals surface area contributed by atoms with Crippen molar-refractivity contribution in [3.05, 3.63) is 65.2 Å². The molecular weight excluding hydrogens is 342 g/mol. The normalized spacial score (nSPS) is 15.6. The summed E-state index contributed by atoms with van der Waals surface area (Å²) >= 11 is 0. The van der Waals surface area contributed by atoms with Crippen molar-refractivity contribution in [1.82, 2.24) is 5.32 Å². The van der Waals surface area contributed by atoms with Gasteiger partial charge in [-0.15, -0.1) is 12.4 Å². The number of benzene rings is 2. The molecule has 3 heteroatoms. The van der Waals surface area contributed by atoms with Gasteiger partial charge in [0, 0.05) is 12.6 Å². The molecule has 0 aromatic heterocycles. The van der Waals surface area contributed by atoms with Crippen LogP contribution >= 0.6 is 12.4 Å². The molecule has 0 heterocycles. The number of rotatable bonds is 6. The molecule has 3 rings (SSSR count). The fourth-order valence-corrected chi connectivity index (χ4v) is 3.52. The van der Waals surface area contributed by atoms with Crippen LogP contribution in [0, 0.1) is 6.92 Å². The maximum absolute atomic E-state index is 5.97. The summed E-state index contributed by atoms with van der Waals surface area (Å²) in [6.07, 6.45) is 9.62. The minimum atomic E-state index is 0. The maximum atomic E-state index is 5.97. The lowest BCUT2D eigenvalue weighted by atomic mass is 9.96. The van der Waals surface area contributed by atoms with E-state index in [1.807, 2.05) is 6.07 Å². The smallest absolute Gasteiger partial charge is 0.120 e. The molecule has 0 saturated heterocycles. The minimum Gasteiger partial charge on any atom is -0.489 e. The number of hydrogen-bond acceptors (Lipinski definition) is 2. The summed E-state index contributed by atoms with van der Waals surface area (Å²) in [5.74, 6) is 0.956. The van der Waals surface area contributed by atoms with Crippen LogP contribution in [0.4, 0.5) is 0 Å². The minimum absolute atomic E-state index is 0. The van der Waals surface area contributed by atoms with Crippen molar-refractivity contribution in [2.24, 2.45) is 0 Å². The van der Waals surface area contributed by atoms with Gasteiger partial charge in [-0.3, -0.25) is 0 Å². The fraction of sp³-hybridized carbons (Fsp3) is 0.478. The van der Waals surface area contributed by atoms with E-state index in [9.17, 15) is 0 Å². The van der Waals surface area contributed by atoms with Crippen molar-refractivity contribution in [3.63, 3.8) is 0 Å². The van der Waals surface area contributed by atoms with Crippen LogP contribution in [0.2, 0.25) is 0 Å². The Kier molecular flexibility index (Phi) is 9.00. The Bertz CT molecular complexity index is 633. The first-order valence-corrected chi connectivity index (χ1v) is 9.80. The number of nitrogens with one attached hydrogen (secondary N) is 1. The van der Waals surface area contributed by atoms with E-state index in [0.29, 0.717) is 12.6 Å². The maximum Gasteiger partial charge on any atom is 0.120 e. The van der Waals surface area contributed by atoms with Crippen LogP contribution in [-0.2, 0) is 13.2 Å². The summed E-state index contributed by atoms with van der Waals surface area (Å²) in [6.45, 7) is 3.67. The van der Waals surface area contributed by atoms with E-state index in [2.05, 4.69) is 54.7 Å². The van der Waals surface area contributed by atoms with E-state index in [-0.39, 0.29) is 12.4 Å². The molecule has 0 bridgehead atoms. The first kappa shape index (κ1) is 20.8. The number of hydrogen-bond donors (Lipinski definition) is 1. The highest BCUT2D eigenvalue weighted by Gasteiger charge is 2.10. The molecule has 26 heavy (non-hydrogen) atoms. The van der Waals surface area contributed by atoms with Crippen molar-refractivity contribution < 1.29 is 4.74 Å². The second-order valence-corrected chi connectivity index (χ2v) is 7.34. The van der Waals surface area contributed by atoms with Crippen LogP contribution in [0.3, 0.4) is 0 Å². The first-order valence-electron chi connectivity index (χ1n) is 9.80. The standard InChI is InChI=1S/C23H31NO.ClH/c1-19-12-14-20(15-13-19)18-25-23-11-7-8-21(16-23)17-24-22-9-5-3-2-4-6-10-22;/h7-8,11-16,22,24H,2-6,9-10,17-18H2,1H3;1H. The van der Waals surface area contributed by atoms with Gasteiger partial charge in [0.25, 0.3) is 0 Å². The average molecular weight is 374 g/mol. The summed E-state index contributed by atoms with van der Waals surface area (Å²) in [5.41, 5.74) is 3.80. The lowest BCUT2D eigenvalue weighted by Crippen LogP contribution is -2.29. The molecule has 0 atom stereocenters. The largest absolute Gasteiger partial charge is 0.489 e. The van der Waals surface area contributed by atoms with Gasteiger partial charge in [0.2, 0.25) is 0 Å². The van der Waals surface area contributed by atoms with Gasteiger partial charge < -0.3 is 10.1 Å². The van der Waals surface area contributed by atoms with Gasteiger partial charge in [-0.05, 0) is 43.0 Å². The van der Waals surface area contributed by atoms with Gasteiger partial charge in [-0.2, -0.15) is 0 Å². The highest BCUT2D eigenvalue weighted by Crippen LogP contribution is 2.19. The lowest BCUT2D eigenvalue weighted by molar-refractivity contribution is 0.305. The summed E-state index contributed by atoms with van der Waals surface area (Å²) in [5, 5.41) is 3.76. The van der Waals surface area contributed by atoms with Gasteiger partial charge in [-0.1, -0.05) is 74.1 Å². The zero-order chi connectivity index (χ0) is 17.3. The van der Waals surface area contributed by atoms with E-state index in [0.717, 1.165) is 12.3 Å². The zero-order valence-corrected chi connectivity index (χ0v) is 16.7. The summed E-state index contributed by atoms with van der Waals surface area (Å²) in [7, 11) is 0. The molecule has 2 nitrogen and oxygen atoms in total. The molecule has 0 spiro atoms. The van der Waals surface area contributed by atoms with Gasteiger partial charge in [0.05, 0.1) is 0 Å². The van der Waals surface area contributed by atoms with Crippen molar-refractivity contribution in [3.8, 4) is 5.75 Å². The third-order valence-corrected chi connectivity index (χ3v) is 5.12.